The summed E-state index contributed by atoms with van der Waals surface area (Å²) in [6, 6.07) is 11.2. The second-order valence-electron chi connectivity index (χ2n) is 6.94. The zero-order chi connectivity index (χ0) is 17.4. The molecule has 0 amide bonds. The van der Waals surface area contributed by atoms with Crippen molar-refractivity contribution in [3.8, 4) is 11.1 Å². The van der Waals surface area contributed by atoms with Crippen LogP contribution in [0.25, 0.3) is 22.2 Å². The molecule has 4 rings (SSSR count). The van der Waals surface area contributed by atoms with Crippen molar-refractivity contribution in [3.63, 3.8) is 0 Å². The number of nitrogens with zero attached hydrogens (tertiary/aromatic N) is 3. The lowest BCUT2D eigenvalue weighted by atomic mass is 9.96. The van der Waals surface area contributed by atoms with Crippen LogP contribution in [0.4, 0.5) is 0 Å². The molecule has 2 aromatic carbocycles. The first-order valence-electron chi connectivity index (χ1n) is 8.74. The summed E-state index contributed by atoms with van der Waals surface area (Å²) in [5.74, 6) is 0. The predicted molar refractivity (Wildman–Crippen MR) is 112 cm³/mol. The maximum atomic E-state index is 4.63. The van der Waals surface area contributed by atoms with Gasteiger partial charge in [0.15, 0.2) is 0 Å². The molecule has 130 valence electrons. The Bertz CT molecular complexity index is 894. The summed E-state index contributed by atoms with van der Waals surface area (Å²) in [6.45, 7) is 7.67. The normalized spacial score (nSPS) is 16.6. The molecule has 0 spiro atoms. The standard InChI is InChI=1S/C20H23IN4/c1-14-3-4-15(11-17(14)21)19-16(5-6-18-20(19)23-13-22-18)12-25-9-7-24(2)8-10-25/h3-6,11,13H,7-10,12H2,1-2H3,(H,22,23). The van der Waals surface area contributed by atoms with E-state index in [0.29, 0.717) is 0 Å². The highest BCUT2D eigenvalue weighted by Gasteiger charge is 2.18. The minimum atomic E-state index is 0.983. The summed E-state index contributed by atoms with van der Waals surface area (Å²) in [6.07, 6.45) is 1.80. The Morgan fingerprint density at radius 2 is 1.92 bits per heavy atom. The lowest BCUT2D eigenvalue weighted by Gasteiger charge is -2.32. The molecule has 5 heteroatoms. The topological polar surface area (TPSA) is 35.2 Å². The minimum Gasteiger partial charge on any atom is -0.345 e. The molecule has 1 fully saturated rings. The predicted octanol–water partition coefficient (Wildman–Crippen LogP) is 3.89. The number of aromatic nitrogens is 2. The van der Waals surface area contributed by atoms with Gasteiger partial charge < -0.3 is 9.88 Å². The van der Waals surface area contributed by atoms with Crippen LogP contribution in [-0.2, 0) is 6.54 Å². The quantitative estimate of drug-likeness (QED) is 0.621. The smallest absolute Gasteiger partial charge is 0.0964 e. The van der Waals surface area contributed by atoms with Gasteiger partial charge >= 0.3 is 0 Å². The second kappa shape index (κ2) is 7.05. The van der Waals surface area contributed by atoms with Gasteiger partial charge in [-0.2, -0.15) is 0 Å². The van der Waals surface area contributed by atoms with E-state index in [-0.39, 0.29) is 0 Å². The Balaban J connectivity index is 1.77. The van der Waals surface area contributed by atoms with E-state index in [1.54, 1.807) is 6.33 Å². The van der Waals surface area contributed by atoms with Crippen molar-refractivity contribution in [2.24, 2.45) is 0 Å². The van der Waals surface area contributed by atoms with Crippen LogP contribution in [0.3, 0.4) is 0 Å². The van der Waals surface area contributed by atoms with Crippen LogP contribution in [0, 0.1) is 10.5 Å². The van der Waals surface area contributed by atoms with Crippen molar-refractivity contribution in [2.75, 3.05) is 33.2 Å². The van der Waals surface area contributed by atoms with E-state index < -0.39 is 0 Å². The fraction of sp³-hybridized carbons (Fsp3) is 0.350. The molecule has 1 N–H and O–H groups in total. The molecule has 0 saturated carbocycles. The Kier molecular flexibility index (Phi) is 4.80. The van der Waals surface area contributed by atoms with Gasteiger partial charge in [-0.1, -0.05) is 18.2 Å². The lowest BCUT2D eigenvalue weighted by molar-refractivity contribution is 0.148. The van der Waals surface area contributed by atoms with Crippen molar-refractivity contribution in [1.82, 2.24) is 19.8 Å². The van der Waals surface area contributed by atoms with Gasteiger partial charge in [-0.15, -0.1) is 0 Å². The van der Waals surface area contributed by atoms with Gasteiger partial charge in [-0.25, -0.2) is 4.98 Å². The summed E-state index contributed by atoms with van der Waals surface area (Å²) in [5.41, 5.74) is 7.40. The van der Waals surface area contributed by atoms with E-state index in [1.807, 2.05) is 0 Å². The van der Waals surface area contributed by atoms with E-state index in [4.69, 9.17) is 0 Å². The summed E-state index contributed by atoms with van der Waals surface area (Å²) < 4.78 is 1.30. The molecule has 0 atom stereocenters. The third-order valence-corrected chi connectivity index (χ3v) is 6.29. The SMILES string of the molecule is Cc1ccc(-c2c(CN3CCN(C)CC3)ccc3[nH]cnc23)cc1I. The van der Waals surface area contributed by atoms with Crippen LogP contribution in [0.2, 0.25) is 0 Å². The van der Waals surface area contributed by atoms with Crippen LogP contribution in [0.1, 0.15) is 11.1 Å². The fourth-order valence-corrected chi connectivity index (χ4v) is 4.01. The number of fused-ring (bicyclic) bond motifs is 1. The van der Waals surface area contributed by atoms with Crippen molar-refractivity contribution >= 4 is 33.6 Å². The van der Waals surface area contributed by atoms with Gasteiger partial charge in [-0.3, -0.25) is 4.90 Å². The first-order valence-corrected chi connectivity index (χ1v) is 9.82. The van der Waals surface area contributed by atoms with E-state index in [0.717, 1.165) is 43.8 Å². The molecule has 1 aliphatic heterocycles. The van der Waals surface area contributed by atoms with Crippen LogP contribution in [0.5, 0.6) is 0 Å². The van der Waals surface area contributed by atoms with Crippen molar-refractivity contribution in [2.45, 2.75) is 13.5 Å². The number of nitrogens with one attached hydrogen (secondary N) is 1. The van der Waals surface area contributed by atoms with Crippen molar-refractivity contribution in [1.29, 1.82) is 0 Å². The molecule has 2 heterocycles. The average molecular weight is 446 g/mol. The summed E-state index contributed by atoms with van der Waals surface area (Å²) in [5, 5.41) is 0. The number of aryl methyl sites for hydroxylation is 1. The van der Waals surface area contributed by atoms with Crippen molar-refractivity contribution in [3.05, 3.63) is 51.4 Å². The fourth-order valence-electron chi connectivity index (χ4n) is 3.50. The third-order valence-electron chi connectivity index (χ3n) is 5.13. The highest BCUT2D eigenvalue weighted by Crippen LogP contribution is 2.33. The molecule has 0 bridgehead atoms. The summed E-state index contributed by atoms with van der Waals surface area (Å²) in [7, 11) is 2.20. The molecule has 1 aromatic heterocycles. The number of rotatable bonds is 3. The molecular formula is C20H23IN4. The maximum absolute atomic E-state index is 4.63. The number of likely N-dealkylation sites (N-methyl/N-ethyl adjacent to an activating group) is 1. The number of hydrogen-bond donors (Lipinski definition) is 1. The largest absolute Gasteiger partial charge is 0.345 e. The number of halogens is 1. The number of piperazine rings is 1. The number of benzene rings is 2. The monoisotopic (exact) mass is 446 g/mol. The third kappa shape index (κ3) is 3.45. The van der Waals surface area contributed by atoms with E-state index in [1.165, 1.54) is 25.8 Å². The molecule has 1 saturated heterocycles. The number of imidazole rings is 1. The highest BCUT2D eigenvalue weighted by molar-refractivity contribution is 14.1. The molecular weight excluding hydrogens is 423 g/mol. The number of aromatic amines is 1. The van der Waals surface area contributed by atoms with Gasteiger partial charge in [0.05, 0.1) is 17.4 Å². The van der Waals surface area contributed by atoms with Crippen molar-refractivity contribution < 1.29 is 0 Å². The summed E-state index contributed by atoms with van der Waals surface area (Å²) in [4.78, 5) is 12.8. The molecule has 25 heavy (non-hydrogen) atoms. The molecule has 0 radical (unpaired) electrons. The summed E-state index contributed by atoms with van der Waals surface area (Å²) >= 11 is 2.42. The maximum Gasteiger partial charge on any atom is 0.0964 e. The number of H-pyrrole nitrogens is 1. The average Bonchev–Trinajstić information content (AvgIpc) is 3.08. The molecule has 4 nitrogen and oxygen atoms in total. The van der Waals surface area contributed by atoms with E-state index in [9.17, 15) is 0 Å². The van der Waals surface area contributed by atoms with E-state index >= 15 is 0 Å². The van der Waals surface area contributed by atoms with Gasteiger partial charge in [0, 0.05) is 41.9 Å². The first-order chi connectivity index (χ1) is 12.1. The zero-order valence-electron chi connectivity index (χ0n) is 14.7. The van der Waals surface area contributed by atoms with E-state index in [2.05, 4.69) is 86.7 Å². The molecule has 1 aliphatic rings. The lowest BCUT2D eigenvalue weighted by Crippen LogP contribution is -2.43. The second-order valence-corrected chi connectivity index (χ2v) is 8.10. The molecule has 0 unspecified atom stereocenters. The van der Waals surface area contributed by atoms with Crippen LogP contribution in [-0.4, -0.2) is 53.0 Å². The van der Waals surface area contributed by atoms with Crippen LogP contribution < -0.4 is 0 Å². The minimum absolute atomic E-state index is 0.983. The van der Waals surface area contributed by atoms with Crippen LogP contribution in [0.15, 0.2) is 36.7 Å². The van der Waals surface area contributed by atoms with Crippen LogP contribution >= 0.6 is 22.6 Å². The highest BCUT2D eigenvalue weighted by atomic mass is 127. The molecule has 0 aliphatic carbocycles. The number of hydrogen-bond acceptors (Lipinski definition) is 3. The van der Waals surface area contributed by atoms with Gasteiger partial charge in [0.2, 0.25) is 0 Å². The molecule has 3 aromatic rings. The first kappa shape index (κ1) is 17.0. The Labute approximate surface area is 162 Å². The Morgan fingerprint density at radius 1 is 1.12 bits per heavy atom. The Hall–Kier alpha value is -1.44. The Morgan fingerprint density at radius 3 is 2.68 bits per heavy atom. The van der Waals surface area contributed by atoms with Gasteiger partial charge in [0.25, 0.3) is 0 Å². The zero-order valence-corrected chi connectivity index (χ0v) is 16.9. The van der Waals surface area contributed by atoms with Gasteiger partial charge in [0.1, 0.15) is 0 Å². The van der Waals surface area contributed by atoms with Gasteiger partial charge in [-0.05, 0) is 65.4 Å².